The summed E-state index contributed by atoms with van der Waals surface area (Å²) in [5.41, 5.74) is 0. The van der Waals surface area contributed by atoms with Crippen LogP contribution in [0.15, 0.2) is 12.3 Å². The maximum atomic E-state index is 4.54. The van der Waals surface area contributed by atoms with Crippen LogP contribution in [-0.2, 0) is 0 Å². The standard InChI is InChI=1S/C12H22N4/c1-5-7-10-16(6-2)12-13-9-8-11(14-12)15(3)4/h8-9H,5-7,10H2,1-4H3. The zero-order valence-electron chi connectivity index (χ0n) is 10.8. The lowest BCUT2D eigenvalue weighted by Gasteiger charge is -2.21. The van der Waals surface area contributed by atoms with Gasteiger partial charge < -0.3 is 9.80 Å². The van der Waals surface area contributed by atoms with Crippen molar-refractivity contribution >= 4 is 11.8 Å². The molecule has 1 aromatic rings. The number of anilines is 2. The number of unbranched alkanes of at least 4 members (excludes halogenated alkanes) is 1. The normalized spacial score (nSPS) is 10.2. The molecule has 0 amide bonds. The first-order chi connectivity index (χ1) is 7.69. The molecule has 0 aliphatic carbocycles. The number of nitrogens with zero attached hydrogens (tertiary/aromatic N) is 4. The Hall–Kier alpha value is -1.32. The van der Waals surface area contributed by atoms with E-state index >= 15 is 0 Å². The number of hydrogen-bond donors (Lipinski definition) is 0. The molecule has 1 rings (SSSR count). The van der Waals surface area contributed by atoms with Gasteiger partial charge in [0, 0.05) is 33.4 Å². The van der Waals surface area contributed by atoms with Crippen LogP contribution >= 0.6 is 0 Å². The molecule has 1 aromatic heterocycles. The van der Waals surface area contributed by atoms with Crippen LogP contribution in [0.25, 0.3) is 0 Å². The van der Waals surface area contributed by atoms with Gasteiger partial charge in [-0.05, 0) is 19.4 Å². The third kappa shape index (κ3) is 3.36. The fourth-order valence-electron chi connectivity index (χ4n) is 1.49. The molecule has 4 nitrogen and oxygen atoms in total. The van der Waals surface area contributed by atoms with Gasteiger partial charge in [-0.15, -0.1) is 0 Å². The highest BCUT2D eigenvalue weighted by Gasteiger charge is 2.08. The highest BCUT2D eigenvalue weighted by atomic mass is 15.3. The lowest BCUT2D eigenvalue weighted by atomic mass is 10.3. The van der Waals surface area contributed by atoms with E-state index in [4.69, 9.17) is 0 Å². The summed E-state index contributed by atoms with van der Waals surface area (Å²) >= 11 is 0. The molecule has 4 heteroatoms. The van der Waals surface area contributed by atoms with Crippen molar-refractivity contribution in [3.8, 4) is 0 Å². The maximum Gasteiger partial charge on any atom is 0.227 e. The van der Waals surface area contributed by atoms with E-state index in [9.17, 15) is 0 Å². The third-order valence-electron chi connectivity index (χ3n) is 2.53. The monoisotopic (exact) mass is 222 g/mol. The van der Waals surface area contributed by atoms with Crippen molar-refractivity contribution in [1.29, 1.82) is 0 Å². The molecular formula is C12H22N4. The molecule has 0 unspecified atom stereocenters. The van der Waals surface area contributed by atoms with E-state index in [2.05, 4.69) is 28.7 Å². The molecule has 0 spiro atoms. The van der Waals surface area contributed by atoms with Gasteiger partial charge in [-0.1, -0.05) is 13.3 Å². The molecule has 0 aliphatic heterocycles. The summed E-state index contributed by atoms with van der Waals surface area (Å²) in [4.78, 5) is 13.1. The first-order valence-electron chi connectivity index (χ1n) is 5.94. The van der Waals surface area contributed by atoms with Gasteiger partial charge in [0.15, 0.2) is 0 Å². The van der Waals surface area contributed by atoms with Gasteiger partial charge in [-0.25, -0.2) is 4.98 Å². The van der Waals surface area contributed by atoms with Crippen molar-refractivity contribution in [2.75, 3.05) is 37.0 Å². The second-order valence-electron chi connectivity index (χ2n) is 4.04. The lowest BCUT2D eigenvalue weighted by Crippen LogP contribution is -2.26. The molecule has 16 heavy (non-hydrogen) atoms. The molecule has 90 valence electrons. The van der Waals surface area contributed by atoms with Gasteiger partial charge in [0.1, 0.15) is 5.82 Å². The smallest absolute Gasteiger partial charge is 0.227 e. The molecular weight excluding hydrogens is 200 g/mol. The minimum atomic E-state index is 0.835. The Balaban J connectivity index is 2.79. The van der Waals surface area contributed by atoms with Crippen molar-refractivity contribution < 1.29 is 0 Å². The Kier molecular flexibility index (Phi) is 5.02. The number of rotatable bonds is 6. The van der Waals surface area contributed by atoms with Crippen molar-refractivity contribution in [3.05, 3.63) is 12.3 Å². The van der Waals surface area contributed by atoms with Crippen molar-refractivity contribution in [1.82, 2.24) is 9.97 Å². The van der Waals surface area contributed by atoms with Gasteiger partial charge in [0.2, 0.25) is 5.95 Å². The zero-order chi connectivity index (χ0) is 12.0. The van der Waals surface area contributed by atoms with Crippen molar-refractivity contribution in [2.24, 2.45) is 0 Å². The van der Waals surface area contributed by atoms with Crippen LogP contribution in [-0.4, -0.2) is 37.2 Å². The van der Waals surface area contributed by atoms with E-state index in [-0.39, 0.29) is 0 Å². The predicted octanol–water partition coefficient (Wildman–Crippen LogP) is 2.17. The Morgan fingerprint density at radius 3 is 2.56 bits per heavy atom. The van der Waals surface area contributed by atoms with Crippen LogP contribution in [0.4, 0.5) is 11.8 Å². The minimum Gasteiger partial charge on any atom is -0.363 e. The second kappa shape index (κ2) is 6.30. The van der Waals surface area contributed by atoms with Crippen LogP contribution < -0.4 is 9.80 Å². The van der Waals surface area contributed by atoms with Crippen LogP contribution in [0.3, 0.4) is 0 Å². The summed E-state index contributed by atoms with van der Waals surface area (Å²) < 4.78 is 0. The van der Waals surface area contributed by atoms with Gasteiger partial charge in [0.25, 0.3) is 0 Å². The molecule has 0 aliphatic rings. The van der Waals surface area contributed by atoms with E-state index in [1.807, 2.05) is 31.3 Å². The van der Waals surface area contributed by atoms with Crippen molar-refractivity contribution in [2.45, 2.75) is 26.7 Å². The third-order valence-corrected chi connectivity index (χ3v) is 2.53. The van der Waals surface area contributed by atoms with E-state index in [0.29, 0.717) is 0 Å². The molecule has 0 N–H and O–H groups in total. The summed E-state index contributed by atoms with van der Waals surface area (Å²) in [6, 6.07) is 1.93. The van der Waals surface area contributed by atoms with E-state index in [0.717, 1.165) is 24.9 Å². The van der Waals surface area contributed by atoms with Gasteiger partial charge in [0.05, 0.1) is 0 Å². The van der Waals surface area contributed by atoms with E-state index in [1.54, 1.807) is 0 Å². The average molecular weight is 222 g/mol. The molecule has 1 heterocycles. The zero-order valence-corrected chi connectivity index (χ0v) is 10.8. The molecule has 0 fully saturated rings. The minimum absolute atomic E-state index is 0.835. The quantitative estimate of drug-likeness (QED) is 0.738. The van der Waals surface area contributed by atoms with Gasteiger partial charge in [-0.3, -0.25) is 0 Å². The average Bonchev–Trinajstić information content (AvgIpc) is 2.30. The molecule has 0 saturated carbocycles. The van der Waals surface area contributed by atoms with Crippen LogP contribution in [0.1, 0.15) is 26.7 Å². The number of hydrogen-bond acceptors (Lipinski definition) is 4. The largest absolute Gasteiger partial charge is 0.363 e. The summed E-state index contributed by atoms with van der Waals surface area (Å²) in [5, 5.41) is 0. The van der Waals surface area contributed by atoms with E-state index < -0.39 is 0 Å². The SMILES string of the molecule is CCCCN(CC)c1nccc(N(C)C)n1. The van der Waals surface area contributed by atoms with Crippen molar-refractivity contribution in [3.63, 3.8) is 0 Å². The first kappa shape index (κ1) is 12.7. The van der Waals surface area contributed by atoms with Gasteiger partial charge in [-0.2, -0.15) is 4.98 Å². The molecule has 0 atom stereocenters. The fraction of sp³-hybridized carbons (Fsp3) is 0.667. The predicted molar refractivity (Wildman–Crippen MR) is 69.2 cm³/mol. The summed E-state index contributed by atoms with van der Waals surface area (Å²) in [6.45, 7) is 6.33. The lowest BCUT2D eigenvalue weighted by molar-refractivity contribution is 0.713. The van der Waals surface area contributed by atoms with Crippen LogP contribution in [0, 0.1) is 0 Å². The fourth-order valence-corrected chi connectivity index (χ4v) is 1.49. The molecule has 0 radical (unpaired) electrons. The topological polar surface area (TPSA) is 32.3 Å². The Morgan fingerprint density at radius 2 is 2.00 bits per heavy atom. The van der Waals surface area contributed by atoms with Gasteiger partial charge >= 0.3 is 0 Å². The Labute approximate surface area is 98.3 Å². The van der Waals surface area contributed by atoms with E-state index in [1.165, 1.54) is 12.8 Å². The summed E-state index contributed by atoms with van der Waals surface area (Å²) in [6.07, 6.45) is 4.21. The summed E-state index contributed by atoms with van der Waals surface area (Å²) in [5.74, 6) is 1.79. The number of aromatic nitrogens is 2. The molecule has 0 saturated heterocycles. The highest BCUT2D eigenvalue weighted by molar-refractivity contribution is 5.42. The first-order valence-corrected chi connectivity index (χ1v) is 5.94. The Bertz CT molecular complexity index is 312. The molecule has 0 aromatic carbocycles. The Morgan fingerprint density at radius 1 is 1.25 bits per heavy atom. The summed E-state index contributed by atoms with van der Waals surface area (Å²) in [7, 11) is 3.99. The van der Waals surface area contributed by atoms with Crippen LogP contribution in [0.5, 0.6) is 0 Å². The highest BCUT2D eigenvalue weighted by Crippen LogP contribution is 2.13. The second-order valence-corrected chi connectivity index (χ2v) is 4.04. The molecule has 0 bridgehead atoms. The maximum absolute atomic E-state index is 4.54. The van der Waals surface area contributed by atoms with Crippen LogP contribution in [0.2, 0.25) is 0 Å².